The van der Waals surface area contributed by atoms with Gasteiger partial charge in [-0.05, 0) is 57.0 Å². The molecule has 2 aromatic carbocycles. The summed E-state index contributed by atoms with van der Waals surface area (Å²) in [6.45, 7) is 17.1. The van der Waals surface area contributed by atoms with Crippen LogP contribution in [0.15, 0.2) is 54.6 Å². The van der Waals surface area contributed by atoms with Crippen molar-refractivity contribution in [2.75, 3.05) is 44.2 Å². The summed E-state index contributed by atoms with van der Waals surface area (Å²) in [5.41, 5.74) is 5.09. The quantitative estimate of drug-likeness (QED) is 0.410. The average molecular weight is 488 g/mol. The molecular formula is C30H41N5O. The van der Waals surface area contributed by atoms with Gasteiger partial charge in [0, 0.05) is 43.9 Å². The van der Waals surface area contributed by atoms with E-state index in [4.69, 9.17) is 5.10 Å². The summed E-state index contributed by atoms with van der Waals surface area (Å²) in [5.74, 6) is 1.73. The van der Waals surface area contributed by atoms with Crippen molar-refractivity contribution in [1.29, 1.82) is 0 Å². The van der Waals surface area contributed by atoms with Crippen LogP contribution in [0.5, 0.6) is 0 Å². The van der Waals surface area contributed by atoms with Crippen LogP contribution >= 0.6 is 0 Å². The molecule has 0 unspecified atom stereocenters. The predicted octanol–water partition coefficient (Wildman–Crippen LogP) is 5.32. The molecule has 2 heterocycles. The largest absolute Gasteiger partial charge is 0.354 e. The van der Waals surface area contributed by atoms with Crippen molar-refractivity contribution in [3.63, 3.8) is 0 Å². The van der Waals surface area contributed by atoms with Gasteiger partial charge in [-0.3, -0.25) is 4.79 Å². The number of hydrogen-bond acceptors (Lipinski definition) is 4. The third-order valence-electron chi connectivity index (χ3n) is 7.19. The van der Waals surface area contributed by atoms with Crippen LogP contribution in [0.2, 0.25) is 0 Å². The second-order valence-corrected chi connectivity index (χ2v) is 10.3. The van der Waals surface area contributed by atoms with Crippen LogP contribution in [0.1, 0.15) is 54.4 Å². The molecule has 192 valence electrons. The van der Waals surface area contributed by atoms with Crippen LogP contribution < -0.4 is 4.90 Å². The fraction of sp³-hybridized carbons (Fsp3) is 0.467. The second-order valence-electron chi connectivity index (χ2n) is 10.3. The zero-order valence-corrected chi connectivity index (χ0v) is 22.6. The van der Waals surface area contributed by atoms with Crippen molar-refractivity contribution < 1.29 is 4.79 Å². The Bertz CT molecular complexity index is 1130. The molecule has 6 nitrogen and oxygen atoms in total. The molecule has 0 aliphatic carbocycles. The average Bonchev–Trinajstić information content (AvgIpc) is 3.22. The second kappa shape index (κ2) is 11.7. The number of anilines is 1. The third-order valence-corrected chi connectivity index (χ3v) is 7.19. The van der Waals surface area contributed by atoms with Crippen LogP contribution in [0.4, 0.5) is 5.82 Å². The number of benzene rings is 2. The Kier molecular flexibility index (Phi) is 8.47. The molecule has 0 radical (unpaired) electrons. The SMILES string of the molecule is CCN1CCN(c2c(CN(CCC(C)C)C(=O)c3ccc(C)cc3)c(C)nn2-c2ccccc2)CC1. The minimum absolute atomic E-state index is 0.0873. The summed E-state index contributed by atoms with van der Waals surface area (Å²) in [7, 11) is 0. The topological polar surface area (TPSA) is 44.6 Å². The highest BCUT2D eigenvalue weighted by molar-refractivity contribution is 5.94. The van der Waals surface area contributed by atoms with Crippen molar-refractivity contribution in [1.82, 2.24) is 19.6 Å². The van der Waals surface area contributed by atoms with E-state index in [9.17, 15) is 4.79 Å². The minimum Gasteiger partial charge on any atom is -0.354 e. The fourth-order valence-corrected chi connectivity index (χ4v) is 4.82. The molecule has 3 aromatic rings. The maximum absolute atomic E-state index is 13.7. The highest BCUT2D eigenvalue weighted by atomic mass is 16.2. The van der Waals surface area contributed by atoms with Crippen LogP contribution in [0.25, 0.3) is 5.69 Å². The number of aromatic nitrogens is 2. The molecule has 36 heavy (non-hydrogen) atoms. The van der Waals surface area contributed by atoms with Crippen LogP contribution in [0.3, 0.4) is 0 Å². The van der Waals surface area contributed by atoms with Gasteiger partial charge in [-0.25, -0.2) is 4.68 Å². The van der Waals surface area contributed by atoms with Gasteiger partial charge < -0.3 is 14.7 Å². The Morgan fingerprint density at radius 2 is 1.64 bits per heavy atom. The van der Waals surface area contributed by atoms with Gasteiger partial charge in [-0.15, -0.1) is 0 Å². The normalized spacial score (nSPS) is 14.4. The van der Waals surface area contributed by atoms with Crippen molar-refractivity contribution >= 4 is 11.7 Å². The molecule has 0 spiro atoms. The lowest BCUT2D eigenvalue weighted by atomic mass is 10.1. The highest BCUT2D eigenvalue weighted by Crippen LogP contribution is 2.30. The summed E-state index contributed by atoms with van der Waals surface area (Å²) in [5, 5.41) is 5.01. The number of likely N-dealkylation sites (N-methyl/N-ethyl adjacent to an activating group) is 1. The molecule has 4 rings (SSSR count). The summed E-state index contributed by atoms with van der Waals surface area (Å²) >= 11 is 0. The molecular weight excluding hydrogens is 446 g/mol. The maximum atomic E-state index is 13.7. The molecule has 1 aromatic heterocycles. The molecule has 1 aliphatic heterocycles. The zero-order chi connectivity index (χ0) is 25.7. The summed E-state index contributed by atoms with van der Waals surface area (Å²) < 4.78 is 2.09. The van der Waals surface area contributed by atoms with Gasteiger partial charge in [0.1, 0.15) is 5.82 Å². The van der Waals surface area contributed by atoms with Gasteiger partial charge in [0.05, 0.1) is 17.9 Å². The monoisotopic (exact) mass is 487 g/mol. The molecule has 1 amide bonds. The van der Waals surface area contributed by atoms with Crippen LogP contribution in [-0.4, -0.2) is 64.8 Å². The van der Waals surface area contributed by atoms with E-state index in [-0.39, 0.29) is 5.91 Å². The standard InChI is InChI=1S/C30H41N5O/c1-6-32-18-20-33(21-19-32)29-28(25(5)31-35(29)27-10-8-7-9-11-27)22-34(17-16-23(2)3)30(36)26-14-12-24(4)13-15-26/h7-15,23H,6,16-22H2,1-5H3. The van der Waals surface area contributed by atoms with E-state index in [1.807, 2.05) is 35.2 Å². The number of hydrogen-bond donors (Lipinski definition) is 0. The molecule has 6 heteroatoms. The van der Waals surface area contributed by atoms with E-state index in [0.29, 0.717) is 12.5 Å². The Morgan fingerprint density at radius 3 is 2.25 bits per heavy atom. The van der Waals surface area contributed by atoms with Crippen LogP contribution in [-0.2, 0) is 6.54 Å². The van der Waals surface area contributed by atoms with Gasteiger partial charge in [-0.1, -0.05) is 56.7 Å². The Labute approximate surface area is 216 Å². The van der Waals surface area contributed by atoms with Gasteiger partial charge >= 0.3 is 0 Å². The fourth-order valence-electron chi connectivity index (χ4n) is 4.82. The summed E-state index contributed by atoms with van der Waals surface area (Å²) in [4.78, 5) is 20.7. The lowest BCUT2D eigenvalue weighted by molar-refractivity contribution is 0.0735. The van der Waals surface area contributed by atoms with E-state index in [1.54, 1.807) is 0 Å². The van der Waals surface area contributed by atoms with E-state index >= 15 is 0 Å². The molecule has 1 aliphatic rings. The first-order valence-electron chi connectivity index (χ1n) is 13.3. The Hall–Kier alpha value is -3.12. The van der Waals surface area contributed by atoms with Gasteiger partial charge in [0.25, 0.3) is 5.91 Å². The molecule has 0 saturated carbocycles. The van der Waals surface area contributed by atoms with Crippen molar-refractivity contribution in [3.05, 3.63) is 77.0 Å². The van der Waals surface area contributed by atoms with Crippen molar-refractivity contribution in [2.45, 2.75) is 47.6 Å². The number of carbonyl (C=O) groups excluding carboxylic acids is 1. The third kappa shape index (κ3) is 5.98. The number of rotatable bonds is 9. The van der Waals surface area contributed by atoms with E-state index in [1.165, 1.54) is 0 Å². The first-order valence-corrected chi connectivity index (χ1v) is 13.3. The number of para-hydroxylation sites is 1. The summed E-state index contributed by atoms with van der Waals surface area (Å²) in [6.07, 6.45) is 0.966. The Balaban J connectivity index is 1.72. The maximum Gasteiger partial charge on any atom is 0.254 e. The van der Waals surface area contributed by atoms with E-state index in [0.717, 1.165) is 79.6 Å². The number of aryl methyl sites for hydroxylation is 2. The van der Waals surface area contributed by atoms with E-state index in [2.05, 4.69) is 73.4 Å². The highest BCUT2D eigenvalue weighted by Gasteiger charge is 2.28. The molecule has 0 N–H and O–H groups in total. The first-order chi connectivity index (χ1) is 17.4. The molecule has 1 fully saturated rings. The molecule has 0 atom stereocenters. The van der Waals surface area contributed by atoms with E-state index < -0.39 is 0 Å². The number of amides is 1. The van der Waals surface area contributed by atoms with Crippen molar-refractivity contribution in [2.24, 2.45) is 5.92 Å². The van der Waals surface area contributed by atoms with Crippen LogP contribution in [0, 0.1) is 19.8 Å². The number of nitrogens with zero attached hydrogens (tertiary/aromatic N) is 5. The predicted molar refractivity (Wildman–Crippen MR) is 148 cm³/mol. The van der Waals surface area contributed by atoms with Gasteiger partial charge in [-0.2, -0.15) is 5.10 Å². The van der Waals surface area contributed by atoms with Gasteiger partial charge in [0.2, 0.25) is 0 Å². The molecule has 0 bridgehead atoms. The first kappa shape index (κ1) is 26.0. The lowest BCUT2D eigenvalue weighted by Gasteiger charge is -2.36. The summed E-state index contributed by atoms with van der Waals surface area (Å²) in [6, 6.07) is 18.3. The lowest BCUT2D eigenvalue weighted by Crippen LogP contribution is -2.47. The zero-order valence-electron chi connectivity index (χ0n) is 22.6. The molecule has 1 saturated heterocycles. The smallest absolute Gasteiger partial charge is 0.254 e. The Morgan fingerprint density at radius 1 is 0.972 bits per heavy atom. The van der Waals surface area contributed by atoms with Gasteiger partial charge in [0.15, 0.2) is 0 Å². The minimum atomic E-state index is 0.0873. The van der Waals surface area contributed by atoms with Crippen molar-refractivity contribution in [3.8, 4) is 5.69 Å². The number of piperazine rings is 1. The number of carbonyl (C=O) groups is 1.